The summed E-state index contributed by atoms with van der Waals surface area (Å²) in [6.07, 6.45) is 0. The summed E-state index contributed by atoms with van der Waals surface area (Å²) in [5.41, 5.74) is 1.61. The molecule has 2 aromatic carbocycles. The minimum absolute atomic E-state index is 0.172. The van der Waals surface area contributed by atoms with Gasteiger partial charge in [0.1, 0.15) is 6.07 Å². The number of amides is 1. The van der Waals surface area contributed by atoms with E-state index < -0.39 is 0 Å². The molecular weight excluding hydrogens is 384 g/mol. The molecule has 0 aliphatic carbocycles. The molecule has 3 nitrogen and oxygen atoms in total. The molecule has 0 fully saturated rings. The highest BCUT2D eigenvalue weighted by Crippen LogP contribution is 2.24. The fraction of sp³-hybridized carbons (Fsp3) is 0.0667. The second-order valence-electron chi connectivity index (χ2n) is 4.15. The molecule has 20 heavy (non-hydrogen) atoms. The molecule has 0 bridgehead atoms. The van der Waals surface area contributed by atoms with Crippen molar-refractivity contribution in [2.45, 2.75) is 0 Å². The second kappa shape index (κ2) is 6.21. The molecule has 1 amide bonds. The molecule has 0 N–H and O–H groups in total. The van der Waals surface area contributed by atoms with Crippen LogP contribution in [-0.4, -0.2) is 13.0 Å². The van der Waals surface area contributed by atoms with Crippen LogP contribution in [0.2, 0.25) is 0 Å². The maximum atomic E-state index is 12.5. The van der Waals surface area contributed by atoms with Crippen LogP contribution < -0.4 is 4.90 Å². The zero-order valence-corrected chi connectivity index (χ0v) is 13.8. The lowest BCUT2D eigenvalue weighted by molar-refractivity contribution is 0.0993. The largest absolute Gasteiger partial charge is 0.310 e. The zero-order chi connectivity index (χ0) is 14.7. The lowest BCUT2D eigenvalue weighted by Crippen LogP contribution is -2.27. The van der Waals surface area contributed by atoms with E-state index in [2.05, 4.69) is 37.9 Å². The number of carbonyl (C=O) groups is 1. The summed E-state index contributed by atoms with van der Waals surface area (Å²) in [5, 5.41) is 9.10. The minimum Gasteiger partial charge on any atom is -0.310 e. The molecule has 0 unspecified atom stereocenters. The van der Waals surface area contributed by atoms with Gasteiger partial charge in [-0.05, 0) is 30.3 Å². The van der Waals surface area contributed by atoms with Gasteiger partial charge in [0, 0.05) is 21.6 Å². The maximum absolute atomic E-state index is 12.5. The first-order chi connectivity index (χ1) is 9.52. The summed E-state index contributed by atoms with van der Waals surface area (Å²) in [6.45, 7) is 0. The van der Waals surface area contributed by atoms with Gasteiger partial charge in [0.05, 0.1) is 11.3 Å². The van der Waals surface area contributed by atoms with Crippen molar-refractivity contribution in [3.63, 3.8) is 0 Å². The Labute approximate surface area is 134 Å². The number of hydrogen-bond donors (Lipinski definition) is 0. The van der Waals surface area contributed by atoms with Crippen molar-refractivity contribution in [1.82, 2.24) is 0 Å². The van der Waals surface area contributed by atoms with Crippen molar-refractivity contribution in [3.05, 3.63) is 62.5 Å². The third-order valence-corrected chi connectivity index (χ3v) is 3.72. The highest BCUT2D eigenvalue weighted by Gasteiger charge is 2.16. The second-order valence-corrected chi connectivity index (χ2v) is 5.98. The normalized spacial score (nSPS) is 9.90. The van der Waals surface area contributed by atoms with Crippen LogP contribution in [0.5, 0.6) is 0 Å². The van der Waals surface area contributed by atoms with Gasteiger partial charge in [-0.3, -0.25) is 4.79 Å². The monoisotopic (exact) mass is 392 g/mol. The summed E-state index contributed by atoms with van der Waals surface area (Å²) < 4.78 is 1.63. The molecule has 0 saturated carbocycles. The summed E-state index contributed by atoms with van der Waals surface area (Å²) in [5.74, 6) is -0.172. The predicted octanol–water partition coefficient (Wildman–Crippen LogP) is 4.36. The van der Waals surface area contributed by atoms with Crippen LogP contribution in [0.4, 0.5) is 5.69 Å². The number of para-hydroxylation sites is 1. The summed E-state index contributed by atoms with van der Waals surface area (Å²) in [4.78, 5) is 14.0. The number of rotatable bonds is 2. The van der Waals surface area contributed by atoms with Crippen LogP contribution in [0.1, 0.15) is 15.9 Å². The number of nitrogens with zero attached hydrogens (tertiary/aromatic N) is 2. The first-order valence-corrected chi connectivity index (χ1v) is 7.35. The fourth-order valence-electron chi connectivity index (χ4n) is 1.84. The molecule has 0 aromatic heterocycles. The maximum Gasteiger partial charge on any atom is 0.258 e. The molecule has 100 valence electrons. The lowest BCUT2D eigenvalue weighted by Gasteiger charge is -2.18. The number of carbonyl (C=O) groups excluding carboxylic acids is 1. The van der Waals surface area contributed by atoms with Crippen LogP contribution in [0, 0.1) is 11.3 Å². The quantitative estimate of drug-likeness (QED) is 0.760. The molecule has 2 aromatic rings. The van der Waals surface area contributed by atoms with Crippen LogP contribution >= 0.6 is 31.9 Å². The molecule has 0 aliphatic rings. The van der Waals surface area contributed by atoms with Gasteiger partial charge >= 0.3 is 0 Å². The first-order valence-electron chi connectivity index (χ1n) is 5.76. The Bertz CT molecular complexity index is 687. The van der Waals surface area contributed by atoms with Crippen molar-refractivity contribution >= 4 is 43.5 Å². The average molecular weight is 394 g/mol. The van der Waals surface area contributed by atoms with Gasteiger partial charge < -0.3 is 4.90 Å². The van der Waals surface area contributed by atoms with Crippen LogP contribution in [0.25, 0.3) is 0 Å². The summed E-state index contributed by atoms with van der Waals surface area (Å²) >= 11 is 6.72. The molecule has 0 saturated heterocycles. The predicted molar refractivity (Wildman–Crippen MR) is 85.7 cm³/mol. The molecule has 0 heterocycles. The summed E-state index contributed by atoms with van der Waals surface area (Å²) in [7, 11) is 1.66. The topological polar surface area (TPSA) is 44.1 Å². The smallest absolute Gasteiger partial charge is 0.258 e. The van der Waals surface area contributed by atoms with E-state index in [1.807, 2.05) is 6.07 Å². The van der Waals surface area contributed by atoms with E-state index in [0.717, 1.165) is 8.95 Å². The Morgan fingerprint density at radius 2 is 1.75 bits per heavy atom. The third-order valence-electron chi connectivity index (χ3n) is 2.80. The lowest BCUT2D eigenvalue weighted by atomic mass is 10.1. The van der Waals surface area contributed by atoms with Crippen molar-refractivity contribution in [3.8, 4) is 6.07 Å². The van der Waals surface area contributed by atoms with Gasteiger partial charge in [-0.25, -0.2) is 0 Å². The Balaban J connectivity index is 2.40. The highest BCUT2D eigenvalue weighted by molar-refractivity contribution is 9.11. The first kappa shape index (κ1) is 14.8. The molecule has 0 radical (unpaired) electrons. The van der Waals surface area contributed by atoms with Crippen molar-refractivity contribution in [1.29, 1.82) is 5.26 Å². The van der Waals surface area contributed by atoms with E-state index >= 15 is 0 Å². The van der Waals surface area contributed by atoms with Gasteiger partial charge in [0.15, 0.2) is 0 Å². The number of benzene rings is 2. The van der Waals surface area contributed by atoms with E-state index in [0.29, 0.717) is 16.8 Å². The number of anilines is 1. The fourth-order valence-corrected chi connectivity index (χ4v) is 3.13. The average Bonchev–Trinajstić information content (AvgIpc) is 2.44. The van der Waals surface area contributed by atoms with Gasteiger partial charge in [-0.1, -0.05) is 44.0 Å². The number of nitriles is 1. The Morgan fingerprint density at radius 1 is 1.15 bits per heavy atom. The van der Waals surface area contributed by atoms with Gasteiger partial charge in [0.25, 0.3) is 5.91 Å². The number of hydrogen-bond acceptors (Lipinski definition) is 2. The van der Waals surface area contributed by atoms with E-state index in [9.17, 15) is 4.79 Å². The zero-order valence-electron chi connectivity index (χ0n) is 10.6. The molecule has 0 aliphatic heterocycles. The molecule has 5 heteroatoms. The van der Waals surface area contributed by atoms with Crippen molar-refractivity contribution < 1.29 is 4.79 Å². The van der Waals surface area contributed by atoms with Gasteiger partial charge in [-0.2, -0.15) is 5.26 Å². The molecular formula is C15H10Br2N2O. The standard InChI is InChI=1S/C15H10Br2N2O/c1-19(14-5-3-2-4-10(14)9-18)15(20)11-6-12(16)8-13(17)7-11/h2-8H,1H3. The highest BCUT2D eigenvalue weighted by atomic mass is 79.9. The Morgan fingerprint density at radius 3 is 2.35 bits per heavy atom. The number of halogens is 2. The van der Waals surface area contributed by atoms with Crippen LogP contribution in [0.3, 0.4) is 0 Å². The summed E-state index contributed by atoms with van der Waals surface area (Å²) in [6, 6.07) is 14.5. The van der Waals surface area contributed by atoms with E-state index in [4.69, 9.17) is 5.26 Å². The molecule has 0 atom stereocenters. The van der Waals surface area contributed by atoms with E-state index in [-0.39, 0.29) is 5.91 Å². The van der Waals surface area contributed by atoms with Gasteiger partial charge in [-0.15, -0.1) is 0 Å². The van der Waals surface area contributed by atoms with Gasteiger partial charge in [0.2, 0.25) is 0 Å². The Kier molecular flexibility index (Phi) is 4.58. The third kappa shape index (κ3) is 3.09. The van der Waals surface area contributed by atoms with Crippen LogP contribution in [0.15, 0.2) is 51.4 Å². The van der Waals surface area contributed by atoms with Crippen molar-refractivity contribution in [2.24, 2.45) is 0 Å². The van der Waals surface area contributed by atoms with Crippen molar-refractivity contribution in [2.75, 3.05) is 11.9 Å². The van der Waals surface area contributed by atoms with E-state index in [1.165, 1.54) is 4.90 Å². The van der Waals surface area contributed by atoms with Crippen LogP contribution in [-0.2, 0) is 0 Å². The molecule has 0 spiro atoms. The van der Waals surface area contributed by atoms with E-state index in [1.54, 1.807) is 43.4 Å². The molecule has 2 rings (SSSR count). The minimum atomic E-state index is -0.172. The Hall–Kier alpha value is -1.64. The SMILES string of the molecule is CN(C(=O)c1cc(Br)cc(Br)c1)c1ccccc1C#N.